The van der Waals surface area contributed by atoms with Crippen molar-refractivity contribution in [1.82, 2.24) is 47.4 Å². The zero-order valence-corrected chi connectivity index (χ0v) is 49.6. The van der Waals surface area contributed by atoms with E-state index in [1.807, 2.05) is 19.2 Å². The number of carboxylic acid groups (broad SMARTS) is 2. The standard InChI is InChI=1S/C54H96N14O15/c1-9-31(8)43(59)53(81)68-24-14-17-39(68)51(79)62-33(16-11-13-23-56)48(76)67-44(30(6)7)52(80)63-35(19-21-41(58)70)46(74)60-32(15-10-12-22-55)45(73)64-37(26-29(4)5)50(78)65-36(25-28(2)3)49(77)61-34(18-20-40(57)69)47(75)66-38(54(82)83)27-42(71)72/h28-39,43-44H,9-27,55-56,59H2,1-8H3,(H2,57,69)(H2,58,70)(H,60,74)(H,61,77)(H,62,79)(H,63,80)(H,64,73)(H,65,78)(H,66,75)(H,67,76)(H,71,72)(H,82,83)/t31-,32-,33-,34-,35-,36-,37-,38-,39-,43-,44-/m0/s1. The van der Waals surface area contributed by atoms with Gasteiger partial charge in [0.15, 0.2) is 0 Å². The van der Waals surface area contributed by atoms with Gasteiger partial charge in [-0.1, -0.05) is 61.8 Å². The number of primary amides is 2. The molecule has 1 aliphatic heterocycles. The molecule has 29 heteroatoms. The molecular weight excluding hydrogens is 1080 g/mol. The fraction of sp³-hybridized carbons (Fsp3) is 0.759. The Bertz CT molecular complexity index is 2220. The largest absolute Gasteiger partial charge is 0.481 e. The third kappa shape index (κ3) is 27.3. The molecule has 0 unspecified atom stereocenters. The van der Waals surface area contributed by atoms with Gasteiger partial charge < -0.3 is 86.3 Å². The van der Waals surface area contributed by atoms with E-state index < -0.39 is 163 Å². The molecule has 0 aromatic rings. The number of nitrogens with zero attached hydrogens (tertiary/aromatic N) is 1. The first-order chi connectivity index (χ1) is 38.9. The van der Waals surface area contributed by atoms with E-state index in [2.05, 4.69) is 37.2 Å². The number of aliphatic carboxylic acids is 2. The number of rotatable bonds is 41. The molecule has 0 aromatic carbocycles. The molecule has 1 fully saturated rings. The second-order valence-electron chi connectivity index (χ2n) is 22.5. The van der Waals surface area contributed by atoms with Crippen LogP contribution in [-0.4, -0.2) is 172 Å². The second-order valence-corrected chi connectivity index (χ2v) is 22.5. The summed E-state index contributed by atoms with van der Waals surface area (Å²) in [6.07, 6.45) is 0.463. The summed E-state index contributed by atoms with van der Waals surface area (Å²) in [6.45, 7) is 14.7. The van der Waals surface area contributed by atoms with Crippen LogP contribution in [0.4, 0.5) is 0 Å². The predicted molar refractivity (Wildman–Crippen MR) is 304 cm³/mol. The van der Waals surface area contributed by atoms with Gasteiger partial charge in [-0.25, -0.2) is 4.79 Å². The highest BCUT2D eigenvalue weighted by Gasteiger charge is 2.40. The van der Waals surface area contributed by atoms with Crippen molar-refractivity contribution in [3.63, 3.8) is 0 Å². The third-order valence-corrected chi connectivity index (χ3v) is 14.1. The van der Waals surface area contributed by atoms with Gasteiger partial charge in [0, 0.05) is 19.4 Å². The first-order valence-electron chi connectivity index (χ1n) is 28.8. The number of carbonyl (C=O) groups excluding carboxylic acids is 11. The van der Waals surface area contributed by atoms with Crippen molar-refractivity contribution in [2.24, 2.45) is 52.3 Å². The van der Waals surface area contributed by atoms with E-state index in [1.54, 1.807) is 41.5 Å². The maximum atomic E-state index is 14.3. The van der Waals surface area contributed by atoms with Crippen LogP contribution >= 0.6 is 0 Å². The number of likely N-dealkylation sites (tertiary alicyclic amines) is 1. The van der Waals surface area contributed by atoms with Crippen LogP contribution in [0.15, 0.2) is 0 Å². The lowest BCUT2D eigenvalue weighted by Crippen LogP contribution is -2.61. The van der Waals surface area contributed by atoms with Crippen LogP contribution < -0.4 is 71.2 Å². The van der Waals surface area contributed by atoms with Gasteiger partial charge in [0.25, 0.3) is 0 Å². The second kappa shape index (κ2) is 38.0. The summed E-state index contributed by atoms with van der Waals surface area (Å²) in [5.41, 5.74) is 28.6. The summed E-state index contributed by atoms with van der Waals surface area (Å²) in [7, 11) is 0. The van der Waals surface area contributed by atoms with Gasteiger partial charge in [-0.3, -0.25) is 57.5 Å². The summed E-state index contributed by atoms with van der Waals surface area (Å²) >= 11 is 0. The van der Waals surface area contributed by atoms with Crippen molar-refractivity contribution < 1.29 is 72.5 Å². The minimum Gasteiger partial charge on any atom is -0.481 e. The molecule has 1 saturated heterocycles. The zero-order chi connectivity index (χ0) is 63.3. The summed E-state index contributed by atoms with van der Waals surface area (Å²) < 4.78 is 0. The Morgan fingerprint density at radius 3 is 1.29 bits per heavy atom. The van der Waals surface area contributed by atoms with Gasteiger partial charge in [-0.05, 0) is 114 Å². The van der Waals surface area contributed by atoms with E-state index in [1.165, 1.54) is 4.90 Å². The summed E-state index contributed by atoms with van der Waals surface area (Å²) in [5, 5.41) is 39.1. The van der Waals surface area contributed by atoms with E-state index >= 15 is 0 Å². The van der Waals surface area contributed by atoms with Crippen molar-refractivity contribution in [2.75, 3.05) is 19.6 Å². The van der Waals surface area contributed by atoms with Gasteiger partial charge in [0.05, 0.1) is 12.5 Å². The molecule has 0 spiro atoms. The molecule has 1 rings (SSSR count). The lowest BCUT2D eigenvalue weighted by atomic mass is 9.98. The van der Waals surface area contributed by atoms with E-state index in [4.69, 9.17) is 28.7 Å². The SMILES string of the molecule is CC[C@H](C)[C@H](N)C(=O)N1CCC[C@H]1C(=O)N[C@@H](CCCCN)C(=O)N[C@H](C(=O)N[C@@H](CCC(N)=O)C(=O)N[C@@H](CCCCN)C(=O)N[C@@H](CC(C)C)C(=O)N[C@@H](CC(C)C)C(=O)N[C@@H](CCC(N)=O)C(=O)N[C@@H](CC(=O)O)C(=O)O)C(C)C. The molecule has 0 aliphatic carbocycles. The molecule has 83 heavy (non-hydrogen) atoms. The van der Waals surface area contributed by atoms with Gasteiger partial charge in [0.2, 0.25) is 65.0 Å². The molecule has 11 atom stereocenters. The minimum atomic E-state index is -1.91. The Balaban J connectivity index is 3.54. The van der Waals surface area contributed by atoms with Crippen LogP contribution in [0.1, 0.15) is 158 Å². The van der Waals surface area contributed by atoms with Crippen LogP contribution in [0, 0.1) is 23.7 Å². The Morgan fingerprint density at radius 2 is 0.904 bits per heavy atom. The van der Waals surface area contributed by atoms with Gasteiger partial charge in [-0.2, -0.15) is 0 Å². The quantitative estimate of drug-likeness (QED) is 0.0278. The highest BCUT2D eigenvalue weighted by atomic mass is 16.4. The zero-order valence-electron chi connectivity index (χ0n) is 49.6. The van der Waals surface area contributed by atoms with Crippen LogP contribution in [0.25, 0.3) is 0 Å². The number of nitrogens with one attached hydrogen (secondary N) is 8. The van der Waals surface area contributed by atoms with Crippen molar-refractivity contribution >= 4 is 76.9 Å². The lowest BCUT2D eigenvalue weighted by molar-refractivity contribution is -0.147. The van der Waals surface area contributed by atoms with Crippen LogP contribution in [0.3, 0.4) is 0 Å². The molecule has 0 radical (unpaired) electrons. The molecule has 11 amide bonds. The molecule has 1 aliphatic rings. The van der Waals surface area contributed by atoms with Crippen LogP contribution in [0.2, 0.25) is 0 Å². The van der Waals surface area contributed by atoms with Crippen molar-refractivity contribution in [3.05, 3.63) is 0 Å². The highest BCUT2D eigenvalue weighted by molar-refractivity contribution is 5.99. The van der Waals surface area contributed by atoms with Gasteiger partial charge in [0.1, 0.15) is 54.4 Å². The number of unbranched alkanes of at least 4 members (excludes halogenated alkanes) is 2. The number of amides is 11. The number of nitrogens with two attached hydrogens (primary N) is 5. The van der Waals surface area contributed by atoms with Crippen molar-refractivity contribution in [2.45, 2.75) is 219 Å². The van der Waals surface area contributed by atoms with Crippen LogP contribution in [-0.2, 0) is 62.3 Å². The molecule has 29 nitrogen and oxygen atoms in total. The number of carbonyl (C=O) groups is 13. The Hall–Kier alpha value is -7.01. The average molecular weight is 1180 g/mol. The fourth-order valence-corrected chi connectivity index (χ4v) is 9.09. The molecule has 472 valence electrons. The average Bonchev–Trinajstić information content (AvgIpc) is 4.11. The first-order valence-corrected chi connectivity index (χ1v) is 28.8. The monoisotopic (exact) mass is 1180 g/mol. The highest BCUT2D eigenvalue weighted by Crippen LogP contribution is 2.22. The molecule has 20 N–H and O–H groups in total. The van der Waals surface area contributed by atoms with E-state index in [9.17, 15) is 72.5 Å². The predicted octanol–water partition coefficient (Wildman–Crippen LogP) is -2.67. The molecule has 0 bridgehead atoms. The molecule has 0 aromatic heterocycles. The molecule has 0 saturated carbocycles. The third-order valence-electron chi connectivity index (χ3n) is 14.1. The minimum absolute atomic E-state index is 0.0101. The van der Waals surface area contributed by atoms with Gasteiger partial charge >= 0.3 is 11.9 Å². The normalized spacial score (nSPS) is 16.8. The fourth-order valence-electron chi connectivity index (χ4n) is 9.09. The van der Waals surface area contributed by atoms with Crippen molar-refractivity contribution in [1.29, 1.82) is 0 Å². The molecule has 1 heterocycles. The van der Waals surface area contributed by atoms with E-state index in [0.29, 0.717) is 51.6 Å². The van der Waals surface area contributed by atoms with Gasteiger partial charge in [-0.15, -0.1) is 0 Å². The van der Waals surface area contributed by atoms with E-state index in [0.717, 1.165) is 0 Å². The summed E-state index contributed by atoms with van der Waals surface area (Å²) in [5.74, 6) is -13.6. The smallest absolute Gasteiger partial charge is 0.326 e. The van der Waals surface area contributed by atoms with Crippen molar-refractivity contribution in [3.8, 4) is 0 Å². The summed E-state index contributed by atoms with van der Waals surface area (Å²) in [4.78, 5) is 174. The van der Waals surface area contributed by atoms with Crippen LogP contribution in [0.5, 0.6) is 0 Å². The number of carboxylic acids is 2. The Kier molecular flexibility index (Phi) is 33.8. The first kappa shape index (κ1) is 74.0. The number of hydrogen-bond donors (Lipinski definition) is 15. The van der Waals surface area contributed by atoms with E-state index in [-0.39, 0.29) is 68.7 Å². The lowest BCUT2D eigenvalue weighted by Gasteiger charge is -2.31. The maximum absolute atomic E-state index is 14.3. The topological polar surface area (TPSA) is 492 Å². The Labute approximate surface area is 486 Å². The summed E-state index contributed by atoms with van der Waals surface area (Å²) in [6, 6.07) is -13.4. The Morgan fingerprint density at radius 1 is 0.518 bits per heavy atom. The molecular formula is C54H96N14O15. The number of hydrogen-bond acceptors (Lipinski definition) is 16. The maximum Gasteiger partial charge on any atom is 0.326 e.